The van der Waals surface area contributed by atoms with Gasteiger partial charge in [-0.2, -0.15) is 0 Å². The molecule has 1 aliphatic heterocycles. The van der Waals surface area contributed by atoms with Crippen molar-refractivity contribution in [1.82, 2.24) is 15.3 Å². The molecule has 3 aromatic rings. The van der Waals surface area contributed by atoms with Crippen LogP contribution < -0.4 is 5.32 Å². The fourth-order valence-electron chi connectivity index (χ4n) is 3.35. The van der Waals surface area contributed by atoms with Gasteiger partial charge in [0.05, 0.1) is 13.2 Å². The van der Waals surface area contributed by atoms with Crippen LogP contribution in [0.5, 0.6) is 0 Å². The number of ether oxygens (including phenoxy) is 1. The first-order valence-electron chi connectivity index (χ1n) is 7.61. The van der Waals surface area contributed by atoms with Crippen LogP contribution in [0.25, 0.3) is 10.9 Å². The van der Waals surface area contributed by atoms with Crippen LogP contribution >= 0.6 is 0 Å². The number of nitrogens with one attached hydrogen (secondary N) is 2. The number of H-pyrrole nitrogens is 1. The topological polar surface area (TPSA) is 67.0 Å². The summed E-state index contributed by atoms with van der Waals surface area (Å²) < 4.78 is 4.95. The number of benzene rings is 1. The molecule has 2 atom stereocenters. The number of nitrogens with zero attached hydrogens (tertiary/aromatic N) is 1. The predicted molar refractivity (Wildman–Crippen MR) is 87.0 cm³/mol. The standard InChI is InChI=1S/C18H17N3O2/c1-23-18(22)15-10-13-12-4-2-3-5-14(12)20-17(13)16(21-15)11-6-8-19-9-7-11/h2-9,15-16,20-21H,10H2,1H3/t15-,16+/m1/s1. The molecule has 2 N–H and O–H groups in total. The highest BCUT2D eigenvalue weighted by Crippen LogP contribution is 2.35. The van der Waals surface area contributed by atoms with Crippen LogP contribution in [0, 0.1) is 0 Å². The summed E-state index contributed by atoms with van der Waals surface area (Å²) in [6.45, 7) is 0. The Morgan fingerprint density at radius 1 is 1.22 bits per heavy atom. The SMILES string of the molecule is COC(=O)[C@H]1Cc2c([nH]c3ccccc23)[C@H](c2ccncc2)N1. The Morgan fingerprint density at radius 3 is 2.78 bits per heavy atom. The second-order valence-corrected chi connectivity index (χ2v) is 5.72. The number of fused-ring (bicyclic) bond motifs is 3. The molecule has 0 saturated heterocycles. The molecule has 0 radical (unpaired) electrons. The molecule has 5 heteroatoms. The van der Waals surface area contributed by atoms with Crippen LogP contribution in [0.15, 0.2) is 48.8 Å². The van der Waals surface area contributed by atoms with E-state index in [0.29, 0.717) is 6.42 Å². The van der Waals surface area contributed by atoms with Gasteiger partial charge in [0.1, 0.15) is 6.04 Å². The molecule has 0 aliphatic carbocycles. The highest BCUT2D eigenvalue weighted by Gasteiger charge is 2.34. The van der Waals surface area contributed by atoms with Gasteiger partial charge < -0.3 is 9.72 Å². The van der Waals surface area contributed by atoms with Crippen molar-refractivity contribution in [1.29, 1.82) is 0 Å². The molecule has 23 heavy (non-hydrogen) atoms. The normalized spacial score (nSPS) is 20.2. The lowest BCUT2D eigenvalue weighted by molar-refractivity contribution is -0.143. The van der Waals surface area contributed by atoms with Gasteiger partial charge in [-0.05, 0) is 29.3 Å². The predicted octanol–water partition coefficient (Wildman–Crippen LogP) is 2.34. The summed E-state index contributed by atoms with van der Waals surface area (Å²) in [6.07, 6.45) is 4.15. The Bertz CT molecular complexity index is 857. The summed E-state index contributed by atoms with van der Waals surface area (Å²) in [6, 6.07) is 11.7. The first kappa shape index (κ1) is 14.0. The molecular formula is C18H17N3O2. The van der Waals surface area contributed by atoms with E-state index in [0.717, 1.165) is 22.2 Å². The van der Waals surface area contributed by atoms with E-state index in [1.54, 1.807) is 12.4 Å². The lowest BCUT2D eigenvalue weighted by atomic mass is 9.91. The van der Waals surface area contributed by atoms with Crippen LogP contribution in [0.1, 0.15) is 22.9 Å². The van der Waals surface area contributed by atoms with E-state index in [2.05, 4.69) is 27.4 Å². The molecule has 0 spiro atoms. The van der Waals surface area contributed by atoms with E-state index in [4.69, 9.17) is 4.74 Å². The summed E-state index contributed by atoms with van der Waals surface area (Å²) in [7, 11) is 1.43. The number of carbonyl (C=O) groups is 1. The number of hydrogen-bond donors (Lipinski definition) is 2. The van der Waals surface area contributed by atoms with Crippen LogP contribution in [0.3, 0.4) is 0 Å². The highest BCUT2D eigenvalue weighted by molar-refractivity contribution is 5.87. The van der Waals surface area contributed by atoms with Gasteiger partial charge in [0.2, 0.25) is 0 Å². The largest absolute Gasteiger partial charge is 0.468 e. The minimum atomic E-state index is -0.357. The van der Waals surface area contributed by atoms with Crippen molar-refractivity contribution in [3.05, 3.63) is 65.6 Å². The molecule has 0 unspecified atom stereocenters. The maximum atomic E-state index is 12.1. The fraction of sp³-hybridized carbons (Fsp3) is 0.222. The summed E-state index contributed by atoms with van der Waals surface area (Å²) in [4.78, 5) is 19.7. The Balaban J connectivity index is 1.88. The average Bonchev–Trinajstić information content (AvgIpc) is 2.99. The van der Waals surface area contributed by atoms with Gasteiger partial charge >= 0.3 is 5.97 Å². The number of pyridine rings is 1. The molecule has 1 aliphatic rings. The second kappa shape index (κ2) is 5.52. The van der Waals surface area contributed by atoms with E-state index in [1.165, 1.54) is 12.7 Å². The third kappa shape index (κ3) is 2.29. The Labute approximate surface area is 133 Å². The number of aromatic nitrogens is 2. The van der Waals surface area contributed by atoms with E-state index >= 15 is 0 Å². The van der Waals surface area contributed by atoms with Crippen molar-refractivity contribution < 1.29 is 9.53 Å². The maximum Gasteiger partial charge on any atom is 0.323 e. The first-order valence-corrected chi connectivity index (χ1v) is 7.61. The average molecular weight is 307 g/mol. The van der Waals surface area contributed by atoms with Crippen molar-refractivity contribution in [3.63, 3.8) is 0 Å². The van der Waals surface area contributed by atoms with E-state index in [-0.39, 0.29) is 18.1 Å². The third-order valence-corrected chi connectivity index (χ3v) is 4.44. The number of rotatable bonds is 2. The summed E-state index contributed by atoms with van der Waals surface area (Å²) in [5.41, 5.74) is 4.44. The second-order valence-electron chi connectivity index (χ2n) is 5.72. The van der Waals surface area contributed by atoms with Gasteiger partial charge in [0.15, 0.2) is 0 Å². The minimum Gasteiger partial charge on any atom is -0.468 e. The minimum absolute atomic E-state index is 0.0850. The molecule has 3 heterocycles. The zero-order chi connectivity index (χ0) is 15.8. The number of methoxy groups -OCH3 is 1. The van der Waals surface area contributed by atoms with Crippen LogP contribution in [-0.4, -0.2) is 29.1 Å². The van der Waals surface area contributed by atoms with Gasteiger partial charge in [-0.15, -0.1) is 0 Å². The van der Waals surface area contributed by atoms with Gasteiger partial charge in [-0.25, -0.2) is 0 Å². The van der Waals surface area contributed by atoms with Crippen molar-refractivity contribution in [2.75, 3.05) is 7.11 Å². The molecule has 0 saturated carbocycles. The molecular weight excluding hydrogens is 290 g/mol. The highest BCUT2D eigenvalue weighted by atomic mass is 16.5. The zero-order valence-corrected chi connectivity index (χ0v) is 12.7. The van der Waals surface area contributed by atoms with Crippen LogP contribution in [0.2, 0.25) is 0 Å². The number of esters is 1. The van der Waals surface area contributed by atoms with E-state index in [1.807, 2.05) is 24.3 Å². The smallest absolute Gasteiger partial charge is 0.323 e. The molecule has 0 amide bonds. The number of aromatic amines is 1. The molecule has 4 rings (SSSR count). The van der Waals surface area contributed by atoms with Gasteiger partial charge in [0.25, 0.3) is 0 Å². The van der Waals surface area contributed by atoms with Gasteiger partial charge in [0, 0.05) is 35.4 Å². The van der Waals surface area contributed by atoms with Crippen LogP contribution in [-0.2, 0) is 16.0 Å². The summed E-state index contributed by atoms with van der Waals surface area (Å²) in [5, 5.41) is 4.57. The molecule has 5 nitrogen and oxygen atoms in total. The number of carbonyl (C=O) groups excluding carboxylic acids is 1. The first-order chi connectivity index (χ1) is 11.3. The quantitative estimate of drug-likeness (QED) is 0.713. The van der Waals surface area contributed by atoms with Gasteiger partial charge in [-0.1, -0.05) is 18.2 Å². The van der Waals surface area contributed by atoms with E-state index < -0.39 is 0 Å². The molecule has 1 aromatic carbocycles. The van der Waals surface area contributed by atoms with Crippen molar-refractivity contribution in [3.8, 4) is 0 Å². The Kier molecular flexibility index (Phi) is 3.35. The third-order valence-electron chi connectivity index (χ3n) is 4.44. The fourth-order valence-corrected chi connectivity index (χ4v) is 3.35. The monoisotopic (exact) mass is 307 g/mol. The maximum absolute atomic E-state index is 12.1. The zero-order valence-electron chi connectivity index (χ0n) is 12.7. The molecule has 116 valence electrons. The van der Waals surface area contributed by atoms with Crippen LogP contribution in [0.4, 0.5) is 0 Å². The van der Waals surface area contributed by atoms with Crippen molar-refractivity contribution >= 4 is 16.9 Å². The summed E-state index contributed by atoms with van der Waals surface area (Å²) in [5.74, 6) is -0.236. The lowest BCUT2D eigenvalue weighted by Gasteiger charge is -2.30. The lowest BCUT2D eigenvalue weighted by Crippen LogP contribution is -2.45. The Hall–Kier alpha value is -2.66. The Morgan fingerprint density at radius 2 is 2.00 bits per heavy atom. The van der Waals surface area contributed by atoms with E-state index in [9.17, 15) is 4.79 Å². The van der Waals surface area contributed by atoms with Crippen molar-refractivity contribution in [2.45, 2.75) is 18.5 Å². The number of hydrogen-bond acceptors (Lipinski definition) is 4. The van der Waals surface area contributed by atoms with Gasteiger partial charge in [-0.3, -0.25) is 15.1 Å². The van der Waals surface area contributed by atoms with Crippen molar-refractivity contribution in [2.24, 2.45) is 0 Å². The molecule has 0 fully saturated rings. The molecule has 0 bridgehead atoms. The number of para-hydroxylation sites is 1. The molecule has 2 aromatic heterocycles. The summed E-state index contributed by atoms with van der Waals surface area (Å²) >= 11 is 0.